The van der Waals surface area contributed by atoms with Crippen LogP contribution in [0.1, 0.15) is 48.3 Å². The smallest absolute Gasteiger partial charge is 0.386 e. The molecule has 170 valence electrons. The van der Waals surface area contributed by atoms with Crippen molar-refractivity contribution in [3.63, 3.8) is 0 Å². The number of fused-ring (bicyclic) bond motifs is 1. The van der Waals surface area contributed by atoms with Crippen LogP contribution in [0.4, 0.5) is 28.0 Å². The SMILES string of the molecule is Cc1c(C(F)(F)F)nc2c(c1NC(=O)N=[S@](N)(=O)c1scc(C(C)(C)O)c1F)CCC2. The van der Waals surface area contributed by atoms with E-state index in [0.29, 0.717) is 36.2 Å². The van der Waals surface area contributed by atoms with E-state index in [-0.39, 0.29) is 22.5 Å². The Morgan fingerprint density at radius 3 is 2.55 bits per heavy atom. The summed E-state index contributed by atoms with van der Waals surface area (Å²) in [7, 11) is -4.06. The van der Waals surface area contributed by atoms with E-state index >= 15 is 0 Å². The number of aliphatic hydroxyl groups is 1. The summed E-state index contributed by atoms with van der Waals surface area (Å²) < 4.78 is 70.2. The van der Waals surface area contributed by atoms with E-state index in [2.05, 4.69) is 14.7 Å². The Labute approximate surface area is 180 Å². The lowest BCUT2D eigenvalue weighted by Gasteiger charge is -2.17. The molecule has 0 spiro atoms. The standard InChI is InChI=1S/C18H20F4N4O3S2/c1-8-13(9-5-4-6-11(9)24-14(8)18(20,21)22)25-16(27)26-31(23,29)15-12(19)10(7-30-15)17(2,3)28/h7,28H,4-6H2,1-3H3,(H3,23,24,25,26,27,29)/t31-/m0/s1. The van der Waals surface area contributed by atoms with Gasteiger partial charge in [0.05, 0.1) is 11.3 Å². The third-order valence-electron chi connectivity index (χ3n) is 4.81. The van der Waals surface area contributed by atoms with Gasteiger partial charge in [-0.05, 0) is 45.6 Å². The molecule has 13 heteroatoms. The minimum Gasteiger partial charge on any atom is -0.386 e. The summed E-state index contributed by atoms with van der Waals surface area (Å²) in [6, 6.07) is -1.28. The van der Waals surface area contributed by atoms with E-state index in [9.17, 15) is 31.7 Å². The second-order valence-electron chi connectivity index (χ2n) is 7.64. The van der Waals surface area contributed by atoms with Crippen LogP contribution in [0.2, 0.25) is 0 Å². The first-order valence-electron chi connectivity index (χ1n) is 9.08. The molecule has 0 bridgehead atoms. The zero-order valence-electron chi connectivity index (χ0n) is 16.8. The lowest BCUT2D eigenvalue weighted by Crippen LogP contribution is -2.21. The molecule has 1 atom stereocenters. The average molecular weight is 481 g/mol. The number of hydrogen-bond donors (Lipinski definition) is 3. The number of anilines is 1. The number of carbonyl (C=O) groups is 1. The van der Waals surface area contributed by atoms with E-state index in [1.807, 2.05) is 0 Å². The number of nitrogens with two attached hydrogens (primary N) is 1. The topological polar surface area (TPSA) is 118 Å². The molecule has 0 saturated carbocycles. The number of carbonyl (C=O) groups excluding carboxylic acids is 1. The predicted octanol–water partition coefficient (Wildman–Crippen LogP) is 4.26. The molecule has 0 aliphatic heterocycles. The first-order chi connectivity index (χ1) is 14.1. The van der Waals surface area contributed by atoms with Gasteiger partial charge in [0.15, 0.2) is 19.9 Å². The van der Waals surface area contributed by atoms with Crippen molar-refractivity contribution in [2.24, 2.45) is 9.50 Å². The molecule has 2 heterocycles. The largest absolute Gasteiger partial charge is 0.433 e. The molecule has 31 heavy (non-hydrogen) atoms. The van der Waals surface area contributed by atoms with Gasteiger partial charge in [-0.2, -0.15) is 13.2 Å². The lowest BCUT2D eigenvalue weighted by atomic mass is 10.0. The van der Waals surface area contributed by atoms with Crippen LogP contribution in [-0.2, 0) is 34.5 Å². The van der Waals surface area contributed by atoms with Gasteiger partial charge in [0.25, 0.3) is 0 Å². The Morgan fingerprint density at radius 2 is 2.00 bits per heavy atom. The van der Waals surface area contributed by atoms with Crippen LogP contribution < -0.4 is 10.5 Å². The van der Waals surface area contributed by atoms with Gasteiger partial charge in [0, 0.05) is 22.2 Å². The van der Waals surface area contributed by atoms with Crippen LogP contribution in [-0.4, -0.2) is 20.3 Å². The Bertz CT molecular complexity index is 1180. The van der Waals surface area contributed by atoms with E-state index < -0.39 is 43.4 Å². The molecular formula is C18H20F4N4O3S2. The van der Waals surface area contributed by atoms with Crippen LogP contribution in [0, 0.1) is 12.7 Å². The molecule has 0 saturated heterocycles. The molecule has 2 aromatic heterocycles. The monoisotopic (exact) mass is 480 g/mol. The number of pyridine rings is 1. The zero-order valence-corrected chi connectivity index (χ0v) is 18.4. The van der Waals surface area contributed by atoms with Gasteiger partial charge in [0.1, 0.15) is 5.69 Å². The number of aryl methyl sites for hydroxylation is 1. The number of nitrogens with one attached hydrogen (secondary N) is 1. The molecule has 3 rings (SSSR count). The van der Waals surface area contributed by atoms with Crippen LogP contribution in [0.15, 0.2) is 14.0 Å². The first kappa shape index (κ1) is 23.6. The van der Waals surface area contributed by atoms with Crippen LogP contribution >= 0.6 is 11.3 Å². The van der Waals surface area contributed by atoms with Gasteiger partial charge in [-0.1, -0.05) is 0 Å². The number of alkyl halides is 3. The molecular weight excluding hydrogens is 460 g/mol. The van der Waals surface area contributed by atoms with Crippen molar-refractivity contribution >= 4 is 33.0 Å². The number of nitrogens with zero attached hydrogens (tertiary/aromatic N) is 2. The number of hydrogen-bond acceptors (Lipinski definition) is 5. The lowest BCUT2D eigenvalue weighted by molar-refractivity contribution is -0.141. The van der Waals surface area contributed by atoms with Crippen molar-refractivity contribution < 1.29 is 31.7 Å². The Kier molecular flexibility index (Phi) is 5.93. The predicted molar refractivity (Wildman–Crippen MR) is 108 cm³/mol. The van der Waals surface area contributed by atoms with E-state index in [1.165, 1.54) is 26.2 Å². The Morgan fingerprint density at radius 1 is 1.35 bits per heavy atom. The van der Waals surface area contributed by atoms with Gasteiger partial charge < -0.3 is 10.4 Å². The van der Waals surface area contributed by atoms with E-state index in [1.54, 1.807) is 0 Å². The summed E-state index contributed by atoms with van der Waals surface area (Å²) >= 11 is 0.619. The Balaban J connectivity index is 2.01. The summed E-state index contributed by atoms with van der Waals surface area (Å²) in [4.78, 5) is 16.1. The summed E-state index contributed by atoms with van der Waals surface area (Å²) in [5.74, 6) is -1.05. The maximum Gasteiger partial charge on any atom is 0.433 e. The molecule has 0 radical (unpaired) electrons. The maximum atomic E-state index is 14.6. The summed E-state index contributed by atoms with van der Waals surface area (Å²) in [6.45, 7) is 3.79. The van der Waals surface area contributed by atoms with Gasteiger partial charge in [-0.15, -0.1) is 15.7 Å². The highest BCUT2D eigenvalue weighted by Gasteiger charge is 2.38. The second kappa shape index (κ2) is 7.80. The number of halogens is 4. The third-order valence-corrected chi connectivity index (χ3v) is 7.71. The number of amides is 2. The molecule has 4 N–H and O–H groups in total. The highest BCUT2D eigenvalue weighted by Crippen LogP contribution is 2.39. The quantitative estimate of drug-likeness (QED) is 0.569. The van der Waals surface area contributed by atoms with Crippen LogP contribution in [0.25, 0.3) is 0 Å². The van der Waals surface area contributed by atoms with Gasteiger partial charge in [-0.25, -0.2) is 23.5 Å². The van der Waals surface area contributed by atoms with E-state index in [0.717, 1.165) is 0 Å². The van der Waals surface area contributed by atoms with Crippen molar-refractivity contribution in [1.82, 2.24) is 4.98 Å². The summed E-state index contributed by atoms with van der Waals surface area (Å²) in [5, 5.41) is 19.0. The third kappa shape index (κ3) is 4.59. The number of rotatable bonds is 3. The van der Waals surface area contributed by atoms with Crippen LogP contribution in [0.5, 0.6) is 0 Å². The van der Waals surface area contributed by atoms with Crippen molar-refractivity contribution in [2.45, 2.75) is 56.0 Å². The minimum absolute atomic E-state index is 0.109. The molecule has 0 fully saturated rings. The Hall–Kier alpha value is -2.09. The first-order valence-corrected chi connectivity index (χ1v) is 11.5. The zero-order chi connectivity index (χ0) is 23.4. The number of aromatic nitrogens is 1. The second-order valence-corrected chi connectivity index (χ2v) is 10.5. The van der Waals surface area contributed by atoms with Gasteiger partial charge in [-0.3, -0.25) is 0 Å². The molecule has 7 nitrogen and oxygen atoms in total. The highest BCUT2D eigenvalue weighted by molar-refractivity contribution is 7.93. The van der Waals surface area contributed by atoms with Crippen molar-refractivity contribution in [3.05, 3.63) is 39.3 Å². The molecule has 1 aliphatic rings. The van der Waals surface area contributed by atoms with Gasteiger partial charge in [0.2, 0.25) is 0 Å². The number of urea groups is 1. The normalized spacial score (nSPS) is 16.0. The van der Waals surface area contributed by atoms with Gasteiger partial charge >= 0.3 is 12.2 Å². The highest BCUT2D eigenvalue weighted by atomic mass is 32.2. The average Bonchev–Trinajstić information content (AvgIpc) is 3.21. The fourth-order valence-electron chi connectivity index (χ4n) is 3.36. The molecule has 2 aromatic rings. The molecule has 2 amide bonds. The summed E-state index contributed by atoms with van der Waals surface area (Å²) in [5.41, 5.74) is -2.62. The van der Waals surface area contributed by atoms with Crippen LogP contribution in [0.3, 0.4) is 0 Å². The van der Waals surface area contributed by atoms with Crippen molar-refractivity contribution in [1.29, 1.82) is 0 Å². The fourth-order valence-corrected chi connectivity index (χ4v) is 5.74. The minimum atomic E-state index is -4.73. The maximum absolute atomic E-state index is 14.6. The van der Waals surface area contributed by atoms with Crippen molar-refractivity contribution in [3.8, 4) is 0 Å². The summed E-state index contributed by atoms with van der Waals surface area (Å²) in [6.07, 6.45) is -3.43. The number of thiophene rings is 1. The fraction of sp³-hybridized carbons (Fsp3) is 0.444. The molecule has 0 unspecified atom stereocenters. The van der Waals surface area contributed by atoms with Crippen molar-refractivity contribution in [2.75, 3.05) is 5.32 Å². The molecule has 0 aromatic carbocycles. The molecule has 1 aliphatic carbocycles. The van der Waals surface area contributed by atoms with E-state index in [4.69, 9.17) is 5.14 Å².